The molecule has 4 unspecified atom stereocenters. The van der Waals surface area contributed by atoms with Crippen molar-refractivity contribution in [2.24, 2.45) is 21.6 Å². The average Bonchev–Trinajstić information content (AvgIpc) is 2.88. The third-order valence-electron chi connectivity index (χ3n) is 4.92. The number of alkyl halides is 1. The Morgan fingerprint density at radius 1 is 1.48 bits per heavy atom. The molecule has 144 valence electrons. The Morgan fingerprint density at radius 2 is 2.20 bits per heavy atom. The third-order valence-corrected chi connectivity index (χ3v) is 16.4. The number of hydrogen-bond acceptors (Lipinski definition) is 4. The second kappa shape index (κ2) is 9.20. The van der Waals surface area contributed by atoms with E-state index in [1.165, 1.54) is 12.1 Å². The molecule has 4 nitrogen and oxygen atoms in total. The summed E-state index contributed by atoms with van der Waals surface area (Å²) in [5, 5.41) is 0. The minimum absolute atomic E-state index is 0.201. The van der Waals surface area contributed by atoms with Gasteiger partial charge in [-0.2, -0.15) is 0 Å². The topological polar surface area (TPSA) is 54.0 Å². The first kappa shape index (κ1) is 21.2. The fourth-order valence-electron chi connectivity index (χ4n) is 3.73. The van der Waals surface area contributed by atoms with Gasteiger partial charge in [-0.25, -0.2) is 0 Å². The number of aliphatic imine (C=N–C) groups is 2. The quantitative estimate of drug-likeness (QED) is 0.709. The van der Waals surface area contributed by atoms with Crippen molar-refractivity contribution in [2.45, 2.75) is 19.5 Å². The number of rotatable bonds is 5. The molecule has 25 heavy (non-hydrogen) atoms. The van der Waals surface area contributed by atoms with Crippen molar-refractivity contribution in [1.82, 2.24) is 4.90 Å². The maximum atomic E-state index is 14.2. The van der Waals surface area contributed by atoms with Crippen LogP contribution in [0.25, 0.3) is 0 Å². The molecule has 2 aliphatic rings. The van der Waals surface area contributed by atoms with Crippen LogP contribution in [0.15, 0.2) is 21.8 Å². The van der Waals surface area contributed by atoms with Crippen LogP contribution in [0.1, 0.15) is 13.3 Å². The van der Waals surface area contributed by atoms with Gasteiger partial charge in [0, 0.05) is 0 Å². The Balaban J connectivity index is 2.12. The molecular formula is C17H34FN4P3. The van der Waals surface area contributed by atoms with Gasteiger partial charge in [0.05, 0.1) is 0 Å². The van der Waals surface area contributed by atoms with Crippen LogP contribution in [0, 0.1) is 5.92 Å². The van der Waals surface area contributed by atoms with Crippen molar-refractivity contribution < 1.29 is 4.39 Å². The summed E-state index contributed by atoms with van der Waals surface area (Å²) in [6.07, 6.45) is 3.20. The molecule has 0 fully saturated rings. The summed E-state index contributed by atoms with van der Waals surface area (Å²) in [4.78, 5) is 11.1. The Bertz CT molecular complexity index is 562. The van der Waals surface area contributed by atoms with Gasteiger partial charge < -0.3 is 0 Å². The summed E-state index contributed by atoms with van der Waals surface area (Å²) >= 11 is 0. The SMILES string of the molecule is CPP(C)C[PH](C)(C)CC1CCN2C=C(/C(N)=N\C(C)=N/C1)C(F)C2. The molecule has 0 aliphatic carbocycles. The monoisotopic (exact) mass is 406 g/mol. The van der Waals surface area contributed by atoms with Crippen LogP contribution in [0.2, 0.25) is 0 Å². The van der Waals surface area contributed by atoms with Gasteiger partial charge in [-0.3, -0.25) is 0 Å². The second-order valence-corrected chi connectivity index (χ2v) is 19.5. The van der Waals surface area contributed by atoms with Crippen LogP contribution < -0.4 is 5.73 Å². The van der Waals surface area contributed by atoms with Crippen LogP contribution >= 0.6 is 23.1 Å². The molecular weight excluding hydrogens is 372 g/mol. The number of nitrogens with zero attached hydrogens (tertiary/aromatic N) is 3. The predicted octanol–water partition coefficient (Wildman–Crippen LogP) is 3.62. The maximum absolute atomic E-state index is 14.2. The van der Waals surface area contributed by atoms with Crippen molar-refractivity contribution in [3.8, 4) is 0 Å². The zero-order chi connectivity index (χ0) is 18.6. The molecule has 2 heterocycles. The van der Waals surface area contributed by atoms with Gasteiger partial charge in [0.1, 0.15) is 0 Å². The summed E-state index contributed by atoms with van der Waals surface area (Å²) in [7, 11) is 0.0589. The van der Waals surface area contributed by atoms with Crippen LogP contribution in [0.5, 0.6) is 0 Å². The van der Waals surface area contributed by atoms with Crippen molar-refractivity contribution in [1.29, 1.82) is 0 Å². The fraction of sp³-hybridized carbons (Fsp3) is 0.765. The van der Waals surface area contributed by atoms with Gasteiger partial charge in [0.25, 0.3) is 0 Å². The molecule has 0 aromatic carbocycles. The molecule has 2 bridgehead atoms. The van der Waals surface area contributed by atoms with E-state index in [1.807, 2.05) is 13.1 Å². The summed E-state index contributed by atoms with van der Waals surface area (Å²) in [5.41, 5.74) is 6.51. The van der Waals surface area contributed by atoms with Gasteiger partial charge in [0.2, 0.25) is 0 Å². The van der Waals surface area contributed by atoms with Gasteiger partial charge >= 0.3 is 155 Å². The standard InChI is InChI=1S/C17H34FN4P3/c1-13-20-8-14(11-25(4,5)12-24(3)23-2)6-7-22-9-15(16(18)10-22)17(19)21-13/h9,14,16,23,25H,6-8,10-12H2,1-5H3,(H2,19,20,21). The third kappa shape index (κ3) is 6.53. The molecule has 2 N–H and O–H groups in total. The van der Waals surface area contributed by atoms with Gasteiger partial charge in [-0.05, 0) is 0 Å². The van der Waals surface area contributed by atoms with Crippen molar-refractivity contribution in [3.63, 3.8) is 0 Å². The molecule has 0 spiro atoms. The summed E-state index contributed by atoms with van der Waals surface area (Å²) in [6.45, 7) is 13.8. The van der Waals surface area contributed by atoms with Crippen LogP contribution in [-0.4, -0.2) is 81.1 Å². The number of hydrogen-bond donors (Lipinski definition) is 1. The van der Waals surface area contributed by atoms with E-state index in [-0.39, 0.29) is 13.4 Å². The zero-order valence-corrected chi connectivity index (χ0v) is 19.1. The number of nitrogens with two attached hydrogens (primary N) is 1. The molecule has 2 aliphatic heterocycles. The zero-order valence-electron chi connectivity index (χ0n) is 16.2. The molecule has 4 atom stereocenters. The van der Waals surface area contributed by atoms with E-state index < -0.39 is 13.4 Å². The van der Waals surface area contributed by atoms with Gasteiger partial charge in [-0.15, -0.1) is 0 Å². The van der Waals surface area contributed by atoms with Crippen LogP contribution in [0.3, 0.4) is 0 Å². The van der Waals surface area contributed by atoms with Crippen molar-refractivity contribution in [2.75, 3.05) is 58.4 Å². The van der Waals surface area contributed by atoms with E-state index in [2.05, 4.69) is 41.5 Å². The van der Waals surface area contributed by atoms with Gasteiger partial charge in [-0.1, -0.05) is 0 Å². The summed E-state index contributed by atoms with van der Waals surface area (Å²) in [5.74, 6) is 2.96. The van der Waals surface area contributed by atoms with Crippen molar-refractivity contribution >= 4 is 34.8 Å². The fourth-order valence-corrected chi connectivity index (χ4v) is 17.2. The second-order valence-electron chi connectivity index (χ2n) is 8.03. The number of amidine groups is 2. The first-order valence-electron chi connectivity index (χ1n) is 9.04. The molecule has 0 aromatic rings. The van der Waals surface area contributed by atoms with E-state index in [9.17, 15) is 4.39 Å². The molecule has 0 saturated heterocycles. The number of fused-ring (bicyclic) bond motifs is 1. The first-order valence-corrected chi connectivity index (χ1v) is 16.8. The summed E-state index contributed by atoms with van der Waals surface area (Å²) < 4.78 is 14.2. The van der Waals surface area contributed by atoms with E-state index in [0.717, 1.165) is 27.8 Å². The molecule has 0 aromatic heterocycles. The Morgan fingerprint density at radius 3 is 2.88 bits per heavy atom. The minimum atomic E-state index is -1.23. The first-order chi connectivity index (χ1) is 11.7. The van der Waals surface area contributed by atoms with Crippen LogP contribution in [-0.2, 0) is 0 Å². The van der Waals surface area contributed by atoms with Crippen molar-refractivity contribution in [3.05, 3.63) is 11.8 Å². The van der Waals surface area contributed by atoms with Gasteiger partial charge in [0.15, 0.2) is 0 Å². The van der Waals surface area contributed by atoms with E-state index in [1.54, 1.807) is 0 Å². The Hall–Kier alpha value is -0.100. The summed E-state index contributed by atoms with van der Waals surface area (Å²) in [6, 6.07) is 0. The van der Waals surface area contributed by atoms with E-state index >= 15 is 0 Å². The molecule has 8 heteroatoms. The molecule has 0 radical (unpaired) electrons. The number of halogens is 1. The normalized spacial score (nSPS) is 31.8. The van der Waals surface area contributed by atoms with E-state index in [4.69, 9.17) is 5.73 Å². The Kier molecular flexibility index (Phi) is 7.81. The van der Waals surface area contributed by atoms with E-state index in [0.29, 0.717) is 23.9 Å². The molecule has 2 rings (SSSR count). The Labute approximate surface area is 155 Å². The average molecular weight is 406 g/mol. The molecule has 0 saturated carbocycles. The van der Waals surface area contributed by atoms with Crippen LogP contribution in [0.4, 0.5) is 4.39 Å². The predicted molar refractivity (Wildman–Crippen MR) is 119 cm³/mol. The molecule has 0 amide bonds.